The molecule has 3 N–H and O–H groups in total. The minimum Gasteiger partial charge on any atom is -0.324 e. The maximum Gasteiger partial charge on any atom is 0.329 e. The zero-order valence-electron chi connectivity index (χ0n) is 9.16. The van der Waals surface area contributed by atoms with Crippen LogP contribution in [0.1, 0.15) is 5.56 Å². The molecule has 8 heteroatoms. The van der Waals surface area contributed by atoms with Gasteiger partial charge in [-0.15, -0.1) is 0 Å². The molecule has 1 aromatic heterocycles. The van der Waals surface area contributed by atoms with E-state index in [4.69, 9.17) is 9.79 Å². The van der Waals surface area contributed by atoms with Gasteiger partial charge < -0.3 is 9.79 Å². The van der Waals surface area contributed by atoms with Gasteiger partial charge in [-0.1, -0.05) is 12.2 Å². The van der Waals surface area contributed by atoms with Crippen LogP contribution < -0.4 is 11.2 Å². The fraction of sp³-hybridized carbons (Fsp3) is 0.333. The number of hydrogen-bond acceptors (Lipinski definition) is 3. The van der Waals surface area contributed by atoms with Gasteiger partial charge in [0.2, 0.25) is 0 Å². The van der Waals surface area contributed by atoms with Crippen LogP contribution in [0, 0.1) is 6.92 Å². The largest absolute Gasteiger partial charge is 0.329 e. The first kappa shape index (κ1) is 13.6. The number of aryl methyl sites for hydroxylation is 1. The standard InChI is InChI=1S/C9H13N2O5P/c1-7-6-11(9(13)10-8(7)12)4-2-3-5-17(14,15)16/h2-3,6H,4-5H2,1H3,(H,10,12,13)(H2,14,15,16)/b3-2+. The van der Waals surface area contributed by atoms with Gasteiger partial charge in [-0.25, -0.2) is 4.79 Å². The van der Waals surface area contributed by atoms with E-state index in [0.29, 0.717) is 5.56 Å². The fourth-order valence-corrected chi connectivity index (χ4v) is 1.58. The molecule has 0 saturated heterocycles. The van der Waals surface area contributed by atoms with E-state index in [1.165, 1.54) is 22.9 Å². The third-order valence-electron chi connectivity index (χ3n) is 2.00. The minimum absolute atomic E-state index is 0.149. The van der Waals surface area contributed by atoms with Crippen LogP contribution >= 0.6 is 7.60 Å². The van der Waals surface area contributed by atoms with Crippen LogP contribution in [-0.4, -0.2) is 25.5 Å². The Morgan fingerprint density at radius 2 is 2.06 bits per heavy atom. The van der Waals surface area contributed by atoms with Crippen molar-refractivity contribution in [3.8, 4) is 0 Å². The molecule has 0 aliphatic heterocycles. The highest BCUT2D eigenvalue weighted by Gasteiger charge is 2.08. The van der Waals surface area contributed by atoms with Crippen molar-refractivity contribution in [2.75, 3.05) is 6.16 Å². The van der Waals surface area contributed by atoms with Gasteiger partial charge in [0.1, 0.15) is 0 Å². The summed E-state index contributed by atoms with van der Waals surface area (Å²) < 4.78 is 11.8. The summed E-state index contributed by atoms with van der Waals surface area (Å²) in [5.74, 6) is 0. The third-order valence-corrected chi connectivity index (χ3v) is 2.69. The highest BCUT2D eigenvalue weighted by molar-refractivity contribution is 7.51. The van der Waals surface area contributed by atoms with Crippen LogP contribution in [0.2, 0.25) is 0 Å². The molecular formula is C9H13N2O5P. The van der Waals surface area contributed by atoms with Gasteiger partial charge in [0.05, 0.1) is 6.16 Å². The molecular weight excluding hydrogens is 247 g/mol. The lowest BCUT2D eigenvalue weighted by Gasteiger charge is -2.02. The molecule has 0 spiro atoms. The minimum atomic E-state index is -4.05. The molecule has 0 saturated carbocycles. The molecule has 0 aromatic carbocycles. The number of nitrogens with one attached hydrogen (secondary N) is 1. The maximum atomic E-state index is 11.3. The summed E-state index contributed by atoms with van der Waals surface area (Å²) in [5.41, 5.74) is -0.597. The molecule has 1 aromatic rings. The molecule has 94 valence electrons. The molecule has 0 radical (unpaired) electrons. The first-order valence-corrected chi connectivity index (χ1v) is 6.59. The third kappa shape index (κ3) is 4.52. The number of aromatic nitrogens is 2. The zero-order valence-corrected chi connectivity index (χ0v) is 10.1. The molecule has 1 heterocycles. The van der Waals surface area contributed by atoms with Crippen molar-refractivity contribution < 1.29 is 14.4 Å². The van der Waals surface area contributed by atoms with Crippen molar-refractivity contribution in [1.82, 2.24) is 9.55 Å². The van der Waals surface area contributed by atoms with Crippen LogP contribution in [0.5, 0.6) is 0 Å². The van der Waals surface area contributed by atoms with E-state index in [9.17, 15) is 14.2 Å². The molecule has 7 nitrogen and oxygen atoms in total. The van der Waals surface area contributed by atoms with E-state index in [-0.39, 0.29) is 12.7 Å². The normalized spacial score (nSPS) is 12.2. The summed E-state index contributed by atoms with van der Waals surface area (Å²) in [6.45, 7) is 1.71. The average molecular weight is 260 g/mol. The Hall–Kier alpha value is -1.43. The van der Waals surface area contributed by atoms with E-state index in [0.717, 1.165) is 0 Å². The molecule has 0 atom stereocenters. The number of nitrogens with zero attached hydrogens (tertiary/aromatic N) is 1. The molecule has 0 aliphatic rings. The van der Waals surface area contributed by atoms with Gasteiger partial charge in [-0.05, 0) is 6.92 Å². The van der Waals surface area contributed by atoms with Crippen molar-refractivity contribution in [2.45, 2.75) is 13.5 Å². The molecule has 1 rings (SSSR count). The summed E-state index contributed by atoms with van der Waals surface area (Å²) in [6, 6.07) is 0. The Labute approximate surface area is 96.6 Å². The first-order valence-electron chi connectivity index (χ1n) is 4.79. The molecule has 0 amide bonds. The zero-order chi connectivity index (χ0) is 13.1. The summed E-state index contributed by atoms with van der Waals surface area (Å²) in [6.07, 6.45) is 3.78. The lowest BCUT2D eigenvalue weighted by Crippen LogP contribution is -2.30. The average Bonchev–Trinajstić information content (AvgIpc) is 2.18. The van der Waals surface area contributed by atoms with E-state index < -0.39 is 18.8 Å². The Morgan fingerprint density at radius 3 is 2.65 bits per heavy atom. The number of aromatic amines is 1. The van der Waals surface area contributed by atoms with E-state index in [1.54, 1.807) is 6.92 Å². The Bertz CT molecular complexity index is 580. The van der Waals surface area contributed by atoms with Gasteiger partial charge in [0.25, 0.3) is 5.56 Å². The van der Waals surface area contributed by atoms with Gasteiger partial charge in [0.15, 0.2) is 0 Å². The summed E-state index contributed by atoms with van der Waals surface area (Å²) in [7, 11) is -4.05. The number of rotatable bonds is 4. The number of hydrogen-bond donors (Lipinski definition) is 3. The quantitative estimate of drug-likeness (QED) is 0.502. The van der Waals surface area contributed by atoms with Crippen LogP contribution in [0.25, 0.3) is 0 Å². The number of allylic oxidation sites excluding steroid dienone is 2. The van der Waals surface area contributed by atoms with E-state index >= 15 is 0 Å². The van der Waals surface area contributed by atoms with Gasteiger partial charge in [-0.2, -0.15) is 0 Å². The predicted molar refractivity (Wildman–Crippen MR) is 62.1 cm³/mol. The second-order valence-corrected chi connectivity index (χ2v) is 5.24. The van der Waals surface area contributed by atoms with Crippen molar-refractivity contribution in [3.05, 3.63) is 44.8 Å². The Kier molecular flexibility index (Phi) is 4.22. The number of H-pyrrole nitrogens is 1. The Morgan fingerprint density at radius 1 is 1.41 bits per heavy atom. The van der Waals surface area contributed by atoms with Crippen molar-refractivity contribution in [1.29, 1.82) is 0 Å². The van der Waals surface area contributed by atoms with Crippen LogP contribution in [0.15, 0.2) is 27.9 Å². The molecule has 17 heavy (non-hydrogen) atoms. The SMILES string of the molecule is Cc1cn(C/C=C/CP(=O)(O)O)c(=O)[nH]c1=O. The van der Waals surface area contributed by atoms with Gasteiger partial charge >= 0.3 is 13.3 Å². The second-order valence-electron chi connectivity index (χ2n) is 3.54. The maximum absolute atomic E-state index is 11.3. The molecule has 0 fully saturated rings. The topological polar surface area (TPSA) is 112 Å². The van der Waals surface area contributed by atoms with Crippen molar-refractivity contribution >= 4 is 7.60 Å². The van der Waals surface area contributed by atoms with Gasteiger partial charge in [-0.3, -0.25) is 18.9 Å². The summed E-state index contributed by atoms with van der Waals surface area (Å²) in [5, 5.41) is 0. The van der Waals surface area contributed by atoms with Crippen molar-refractivity contribution in [2.24, 2.45) is 0 Å². The van der Waals surface area contributed by atoms with E-state index in [1.807, 2.05) is 0 Å². The monoisotopic (exact) mass is 260 g/mol. The summed E-state index contributed by atoms with van der Waals surface area (Å²) >= 11 is 0. The van der Waals surface area contributed by atoms with E-state index in [2.05, 4.69) is 4.98 Å². The molecule has 0 bridgehead atoms. The fourth-order valence-electron chi connectivity index (χ4n) is 1.15. The van der Waals surface area contributed by atoms with Gasteiger partial charge in [0, 0.05) is 18.3 Å². The van der Waals surface area contributed by atoms with Crippen LogP contribution in [-0.2, 0) is 11.1 Å². The highest BCUT2D eigenvalue weighted by Crippen LogP contribution is 2.33. The molecule has 0 aliphatic carbocycles. The lowest BCUT2D eigenvalue weighted by atomic mass is 10.4. The Balaban J connectivity index is 2.77. The van der Waals surface area contributed by atoms with Crippen LogP contribution in [0.3, 0.4) is 0 Å². The predicted octanol–water partition coefficient (Wildman–Crippen LogP) is -0.421. The lowest BCUT2D eigenvalue weighted by molar-refractivity contribution is 0.377. The van der Waals surface area contributed by atoms with Crippen LogP contribution in [0.4, 0.5) is 0 Å². The smallest absolute Gasteiger partial charge is 0.324 e. The highest BCUT2D eigenvalue weighted by atomic mass is 31.2. The summed E-state index contributed by atoms with van der Waals surface area (Å²) in [4.78, 5) is 41.7. The second kappa shape index (κ2) is 5.27. The first-order chi connectivity index (χ1) is 7.79. The molecule has 0 unspecified atom stereocenters. The van der Waals surface area contributed by atoms with Crippen molar-refractivity contribution in [3.63, 3.8) is 0 Å².